The van der Waals surface area contributed by atoms with Gasteiger partial charge in [0.05, 0.1) is 5.75 Å². The second kappa shape index (κ2) is 8.58. The number of thioether (sulfide) groups is 1. The van der Waals surface area contributed by atoms with Crippen LogP contribution in [0, 0.1) is 11.6 Å². The first-order valence-electron chi connectivity index (χ1n) is 7.96. The number of halogens is 2. The molecule has 0 saturated heterocycles. The van der Waals surface area contributed by atoms with Crippen LogP contribution in [0.15, 0.2) is 71.9 Å². The van der Waals surface area contributed by atoms with Crippen molar-refractivity contribution in [3.63, 3.8) is 0 Å². The topological polar surface area (TPSA) is 42.0 Å². The van der Waals surface area contributed by atoms with Crippen LogP contribution in [0.3, 0.4) is 0 Å². The first-order valence-corrected chi connectivity index (χ1v) is 8.94. The molecule has 1 heterocycles. The van der Waals surface area contributed by atoms with Crippen molar-refractivity contribution in [3.05, 3.63) is 89.8 Å². The van der Waals surface area contributed by atoms with E-state index in [9.17, 15) is 13.6 Å². The summed E-state index contributed by atoms with van der Waals surface area (Å²) >= 11 is 1.15. The van der Waals surface area contributed by atoms with Gasteiger partial charge in [0.15, 0.2) is 11.6 Å². The monoisotopic (exact) mass is 370 g/mol. The van der Waals surface area contributed by atoms with E-state index in [0.717, 1.165) is 35.9 Å². The number of benzene rings is 2. The fourth-order valence-electron chi connectivity index (χ4n) is 2.35. The molecular formula is C20H16F2N2OS. The summed E-state index contributed by atoms with van der Waals surface area (Å²) in [5, 5.41) is 2.79. The molecule has 3 aromatic rings. The maximum Gasteiger partial charge on any atom is 0.234 e. The Balaban J connectivity index is 1.51. The third-order valence-corrected chi connectivity index (χ3v) is 4.65. The maximum absolute atomic E-state index is 13.2. The molecule has 0 unspecified atom stereocenters. The van der Waals surface area contributed by atoms with E-state index in [1.165, 1.54) is 11.6 Å². The number of carbonyl (C=O) groups excluding carboxylic acids is 1. The fraction of sp³-hybridized carbons (Fsp3) is 0.100. The molecule has 0 spiro atoms. The highest BCUT2D eigenvalue weighted by Gasteiger charge is 2.07. The van der Waals surface area contributed by atoms with E-state index in [2.05, 4.69) is 10.3 Å². The number of carbonyl (C=O) groups is 1. The smallest absolute Gasteiger partial charge is 0.234 e. The van der Waals surface area contributed by atoms with Crippen molar-refractivity contribution in [3.8, 4) is 0 Å². The van der Waals surface area contributed by atoms with Gasteiger partial charge in [0, 0.05) is 23.0 Å². The summed E-state index contributed by atoms with van der Waals surface area (Å²) in [6.07, 6.45) is 4.31. The van der Waals surface area contributed by atoms with Crippen LogP contribution in [0.25, 0.3) is 0 Å². The molecule has 0 aliphatic heterocycles. The van der Waals surface area contributed by atoms with Gasteiger partial charge in [-0.25, -0.2) is 8.78 Å². The molecule has 0 aliphatic rings. The molecule has 132 valence electrons. The first kappa shape index (κ1) is 18.1. The SMILES string of the molecule is O=C(CSc1ccc(F)c(F)c1)Nc1ccc(Cc2ccncc2)cc1. The average Bonchev–Trinajstić information content (AvgIpc) is 2.65. The highest BCUT2D eigenvalue weighted by molar-refractivity contribution is 8.00. The van der Waals surface area contributed by atoms with Gasteiger partial charge in [0.1, 0.15) is 0 Å². The normalized spacial score (nSPS) is 10.5. The van der Waals surface area contributed by atoms with Gasteiger partial charge in [-0.15, -0.1) is 11.8 Å². The molecular weight excluding hydrogens is 354 g/mol. The van der Waals surface area contributed by atoms with Crippen LogP contribution in [0.5, 0.6) is 0 Å². The molecule has 0 fully saturated rings. The van der Waals surface area contributed by atoms with Crippen molar-refractivity contribution in [2.24, 2.45) is 0 Å². The van der Waals surface area contributed by atoms with E-state index >= 15 is 0 Å². The highest BCUT2D eigenvalue weighted by Crippen LogP contribution is 2.21. The third kappa shape index (κ3) is 5.13. The Kier molecular flexibility index (Phi) is 5.96. The Bertz CT molecular complexity index is 886. The Labute approximate surface area is 154 Å². The van der Waals surface area contributed by atoms with Gasteiger partial charge in [-0.2, -0.15) is 0 Å². The zero-order chi connectivity index (χ0) is 18.4. The third-order valence-electron chi connectivity index (χ3n) is 3.66. The number of amides is 1. The van der Waals surface area contributed by atoms with E-state index in [1.54, 1.807) is 12.4 Å². The molecule has 1 N–H and O–H groups in total. The Morgan fingerprint density at radius 3 is 2.31 bits per heavy atom. The summed E-state index contributed by atoms with van der Waals surface area (Å²) in [4.78, 5) is 16.5. The quantitative estimate of drug-likeness (QED) is 0.641. The van der Waals surface area contributed by atoms with Crippen LogP contribution in [-0.2, 0) is 11.2 Å². The predicted octanol–water partition coefficient (Wildman–Crippen LogP) is 4.68. The summed E-state index contributed by atoms with van der Waals surface area (Å²) in [7, 11) is 0. The van der Waals surface area contributed by atoms with Crippen LogP contribution in [-0.4, -0.2) is 16.6 Å². The van der Waals surface area contributed by atoms with E-state index in [1.807, 2.05) is 36.4 Å². The molecule has 0 saturated carbocycles. The molecule has 0 atom stereocenters. The molecule has 6 heteroatoms. The lowest BCUT2D eigenvalue weighted by molar-refractivity contribution is -0.113. The fourth-order valence-corrected chi connectivity index (χ4v) is 3.08. The summed E-state index contributed by atoms with van der Waals surface area (Å²) in [5.41, 5.74) is 2.99. The molecule has 1 aromatic heterocycles. The molecule has 2 aromatic carbocycles. The second-order valence-electron chi connectivity index (χ2n) is 5.64. The number of anilines is 1. The van der Waals surface area contributed by atoms with Crippen LogP contribution in [0.2, 0.25) is 0 Å². The van der Waals surface area contributed by atoms with Crippen molar-refractivity contribution < 1.29 is 13.6 Å². The van der Waals surface area contributed by atoms with Crippen LogP contribution in [0.1, 0.15) is 11.1 Å². The van der Waals surface area contributed by atoms with E-state index < -0.39 is 11.6 Å². The number of nitrogens with one attached hydrogen (secondary N) is 1. The summed E-state index contributed by atoms with van der Waals surface area (Å²) in [6.45, 7) is 0. The second-order valence-corrected chi connectivity index (χ2v) is 6.69. The Morgan fingerprint density at radius 2 is 1.62 bits per heavy atom. The van der Waals surface area contributed by atoms with Gasteiger partial charge in [-0.1, -0.05) is 12.1 Å². The van der Waals surface area contributed by atoms with Gasteiger partial charge in [0.2, 0.25) is 5.91 Å². The van der Waals surface area contributed by atoms with Gasteiger partial charge < -0.3 is 5.32 Å². The van der Waals surface area contributed by atoms with Crippen LogP contribution in [0.4, 0.5) is 14.5 Å². The molecule has 1 amide bonds. The lowest BCUT2D eigenvalue weighted by Gasteiger charge is -2.07. The predicted molar refractivity (Wildman–Crippen MR) is 99.2 cm³/mol. The molecule has 0 bridgehead atoms. The largest absolute Gasteiger partial charge is 0.325 e. The number of nitrogens with zero attached hydrogens (tertiary/aromatic N) is 1. The van der Waals surface area contributed by atoms with Gasteiger partial charge >= 0.3 is 0 Å². The van der Waals surface area contributed by atoms with Crippen molar-refractivity contribution in [2.75, 3.05) is 11.1 Å². The minimum Gasteiger partial charge on any atom is -0.325 e. The Morgan fingerprint density at radius 1 is 0.923 bits per heavy atom. The van der Waals surface area contributed by atoms with Crippen molar-refractivity contribution >= 4 is 23.4 Å². The van der Waals surface area contributed by atoms with Crippen LogP contribution >= 0.6 is 11.8 Å². The number of hydrogen-bond donors (Lipinski definition) is 1. The van der Waals surface area contributed by atoms with E-state index in [-0.39, 0.29) is 11.7 Å². The zero-order valence-corrected chi connectivity index (χ0v) is 14.6. The summed E-state index contributed by atoms with van der Waals surface area (Å²) in [5.74, 6) is -1.91. The minimum absolute atomic E-state index is 0.115. The number of hydrogen-bond acceptors (Lipinski definition) is 3. The summed E-state index contributed by atoms with van der Waals surface area (Å²) in [6, 6.07) is 15.1. The van der Waals surface area contributed by atoms with Crippen molar-refractivity contribution in [2.45, 2.75) is 11.3 Å². The minimum atomic E-state index is -0.916. The van der Waals surface area contributed by atoms with Crippen molar-refractivity contribution in [1.82, 2.24) is 4.98 Å². The molecule has 0 aliphatic carbocycles. The number of aromatic nitrogens is 1. The zero-order valence-electron chi connectivity index (χ0n) is 13.8. The maximum atomic E-state index is 13.2. The number of pyridine rings is 1. The lowest BCUT2D eigenvalue weighted by atomic mass is 10.1. The molecule has 0 radical (unpaired) electrons. The van der Waals surface area contributed by atoms with Gasteiger partial charge in [-0.3, -0.25) is 9.78 Å². The van der Waals surface area contributed by atoms with Crippen molar-refractivity contribution in [1.29, 1.82) is 0 Å². The summed E-state index contributed by atoms with van der Waals surface area (Å²) < 4.78 is 26.0. The standard InChI is InChI=1S/C20H16F2N2OS/c21-18-6-5-17(12-19(18)22)26-13-20(25)24-16-3-1-14(2-4-16)11-15-7-9-23-10-8-15/h1-10,12H,11,13H2,(H,24,25). The average molecular weight is 370 g/mol. The lowest BCUT2D eigenvalue weighted by Crippen LogP contribution is -2.13. The number of rotatable bonds is 6. The molecule has 3 nitrogen and oxygen atoms in total. The first-order chi connectivity index (χ1) is 12.6. The molecule has 26 heavy (non-hydrogen) atoms. The molecule has 3 rings (SSSR count). The van der Waals surface area contributed by atoms with Gasteiger partial charge in [0.25, 0.3) is 0 Å². The Hall–Kier alpha value is -2.73. The van der Waals surface area contributed by atoms with Crippen LogP contribution < -0.4 is 5.32 Å². The van der Waals surface area contributed by atoms with Gasteiger partial charge in [-0.05, 0) is 60.0 Å². The van der Waals surface area contributed by atoms with E-state index in [4.69, 9.17) is 0 Å². The highest BCUT2D eigenvalue weighted by atomic mass is 32.2. The van der Waals surface area contributed by atoms with E-state index in [0.29, 0.717) is 10.6 Å².